The van der Waals surface area contributed by atoms with Gasteiger partial charge in [0.15, 0.2) is 11.9 Å². The zero-order valence-corrected chi connectivity index (χ0v) is 24.4. The summed E-state index contributed by atoms with van der Waals surface area (Å²) in [6.07, 6.45) is 15.6. The second-order valence-corrected chi connectivity index (χ2v) is 12.4. The van der Waals surface area contributed by atoms with Crippen LogP contribution >= 0.6 is 0 Å². The number of aliphatic carboxylic acids is 1. The molecule has 1 heterocycles. The highest BCUT2D eigenvalue weighted by Crippen LogP contribution is 2.45. The van der Waals surface area contributed by atoms with Crippen LogP contribution in [0.5, 0.6) is 0 Å². The summed E-state index contributed by atoms with van der Waals surface area (Å²) in [7, 11) is 0. The normalized spacial score (nSPS) is 26.9. The molecule has 0 aromatic carbocycles. The van der Waals surface area contributed by atoms with Crippen LogP contribution in [-0.2, 0) is 23.9 Å². The number of likely N-dealkylation sites (tertiary alicyclic amines) is 1. The van der Waals surface area contributed by atoms with Crippen molar-refractivity contribution in [2.24, 2.45) is 17.8 Å². The number of hydrogen-bond acceptors (Lipinski definition) is 6. The van der Waals surface area contributed by atoms with Crippen LogP contribution in [0.2, 0.25) is 0 Å². The topological polar surface area (TPSA) is 142 Å². The molecule has 3 N–H and O–H groups in total. The van der Waals surface area contributed by atoms with Gasteiger partial charge in [0.2, 0.25) is 11.8 Å². The Morgan fingerprint density at radius 2 is 1.76 bits per heavy atom. The van der Waals surface area contributed by atoms with E-state index in [9.17, 15) is 29.1 Å². The van der Waals surface area contributed by atoms with E-state index < -0.39 is 41.6 Å². The first-order valence-corrected chi connectivity index (χ1v) is 15.8. The lowest BCUT2D eigenvalue weighted by Gasteiger charge is -2.29. The molecular weight excluding hydrogens is 526 g/mol. The Kier molecular flexibility index (Phi) is 10.8. The molecule has 1 aliphatic heterocycles. The van der Waals surface area contributed by atoms with Crippen molar-refractivity contribution >= 4 is 29.7 Å². The van der Waals surface area contributed by atoms with Crippen molar-refractivity contribution in [2.75, 3.05) is 13.1 Å². The van der Waals surface area contributed by atoms with Gasteiger partial charge in [0.1, 0.15) is 18.1 Å². The van der Waals surface area contributed by atoms with Gasteiger partial charge < -0.3 is 25.4 Å². The molecule has 10 nitrogen and oxygen atoms in total. The average Bonchev–Trinajstić information content (AvgIpc) is 3.88. The number of nitrogens with one attached hydrogen (secondary N) is 2. The van der Waals surface area contributed by atoms with Gasteiger partial charge in [0, 0.05) is 24.3 Å². The Morgan fingerprint density at radius 3 is 2.44 bits per heavy atom. The number of rotatable bonds is 15. The highest BCUT2D eigenvalue weighted by Gasteiger charge is 2.61. The first-order chi connectivity index (χ1) is 19.8. The van der Waals surface area contributed by atoms with Gasteiger partial charge in [-0.25, -0.2) is 9.59 Å². The first-order valence-electron chi connectivity index (χ1n) is 15.8. The first kappa shape index (κ1) is 31.0. The lowest BCUT2D eigenvalue weighted by molar-refractivity contribution is -0.145. The Hall–Kier alpha value is -2.91. The van der Waals surface area contributed by atoms with Gasteiger partial charge in [-0.1, -0.05) is 57.6 Å². The number of ether oxygens (including phenoxy) is 1. The van der Waals surface area contributed by atoms with E-state index in [1.807, 2.05) is 12.2 Å². The number of unbranched alkanes of at least 4 members (excludes halogenated alkanes) is 4. The Bertz CT molecular complexity index is 1000. The summed E-state index contributed by atoms with van der Waals surface area (Å²) < 4.78 is 5.59. The molecule has 1 saturated heterocycles. The fraction of sp³-hybridized carbons (Fsp3) is 0.774. The van der Waals surface area contributed by atoms with E-state index in [1.165, 1.54) is 11.3 Å². The van der Waals surface area contributed by atoms with Gasteiger partial charge in [0.05, 0.1) is 0 Å². The van der Waals surface area contributed by atoms with Crippen LogP contribution in [0.1, 0.15) is 103 Å². The van der Waals surface area contributed by atoms with Gasteiger partial charge >= 0.3 is 12.1 Å². The monoisotopic (exact) mass is 573 g/mol. The highest BCUT2D eigenvalue weighted by atomic mass is 16.6. The fourth-order valence-electron chi connectivity index (χ4n) is 6.38. The second kappa shape index (κ2) is 14.3. The van der Waals surface area contributed by atoms with Gasteiger partial charge in [-0.15, -0.1) is 0 Å². The number of ketones is 1. The summed E-state index contributed by atoms with van der Waals surface area (Å²) in [5, 5.41) is 15.1. The van der Waals surface area contributed by atoms with Crippen molar-refractivity contribution in [1.82, 2.24) is 15.5 Å². The van der Waals surface area contributed by atoms with E-state index >= 15 is 0 Å². The molecule has 0 aromatic heterocycles. The van der Waals surface area contributed by atoms with E-state index in [4.69, 9.17) is 4.74 Å². The molecule has 3 saturated carbocycles. The van der Waals surface area contributed by atoms with Crippen LogP contribution in [0, 0.1) is 17.8 Å². The number of hydrogen-bond donors (Lipinski definition) is 3. The number of carboxylic acids is 1. The van der Waals surface area contributed by atoms with Gasteiger partial charge in [-0.05, 0) is 57.8 Å². The van der Waals surface area contributed by atoms with Crippen LogP contribution < -0.4 is 10.6 Å². The number of amides is 3. The molecule has 4 aliphatic rings. The van der Waals surface area contributed by atoms with Crippen molar-refractivity contribution < 1.29 is 33.8 Å². The highest BCUT2D eigenvalue weighted by molar-refractivity contribution is 5.95. The quantitative estimate of drug-likeness (QED) is 0.198. The molecule has 0 radical (unpaired) electrons. The maximum absolute atomic E-state index is 13.2. The molecule has 3 amide bonds. The van der Waals surface area contributed by atoms with Gasteiger partial charge in [-0.2, -0.15) is 0 Å². The maximum atomic E-state index is 13.2. The summed E-state index contributed by atoms with van der Waals surface area (Å²) >= 11 is 0. The van der Waals surface area contributed by atoms with Gasteiger partial charge in [-0.3, -0.25) is 14.4 Å². The zero-order valence-electron chi connectivity index (χ0n) is 24.4. The molecule has 4 atom stereocenters. The predicted molar refractivity (Wildman–Crippen MR) is 152 cm³/mol. The SMILES string of the molecule is CCCCCC/C=C\C1C[C@]1(NC(=O)[C@@H]1CCCN1C(=O)CNC(=O)O[C@H](C(=O)C1CC1)C1CCCCC1)C(=O)O. The standard InChI is InChI=1S/C31H47N3O7/c1-2-3-4-5-6-10-14-23-19-31(23,29(38)39)33-28(37)24-15-11-18-34(24)25(35)20-32-30(40)41-27(26(36)21-16-17-21)22-12-8-7-9-13-22/h10,14,21-24,27H,2-9,11-13,15-20H2,1H3,(H,32,40)(H,33,37)(H,38,39)/b14-10-/t23?,24-,27-,31+/m0/s1. The number of allylic oxidation sites excluding steroid dienone is 1. The van der Waals surface area contributed by atoms with Crippen LogP contribution in [0.3, 0.4) is 0 Å². The van der Waals surface area contributed by atoms with E-state index in [-0.39, 0.29) is 30.1 Å². The van der Waals surface area contributed by atoms with Crippen molar-refractivity contribution in [3.8, 4) is 0 Å². The predicted octanol–water partition coefficient (Wildman–Crippen LogP) is 4.12. The summed E-state index contributed by atoms with van der Waals surface area (Å²) in [4.78, 5) is 65.2. The van der Waals surface area contributed by atoms with Crippen molar-refractivity contribution in [3.63, 3.8) is 0 Å². The van der Waals surface area contributed by atoms with Crippen LogP contribution in [0.15, 0.2) is 12.2 Å². The third kappa shape index (κ3) is 8.10. The number of carbonyl (C=O) groups excluding carboxylic acids is 4. The molecule has 41 heavy (non-hydrogen) atoms. The van der Waals surface area contributed by atoms with E-state index in [0.29, 0.717) is 25.8 Å². The Balaban J connectivity index is 1.26. The van der Waals surface area contributed by atoms with Crippen LogP contribution in [0.25, 0.3) is 0 Å². The lowest BCUT2D eigenvalue weighted by atomic mass is 9.83. The largest absolute Gasteiger partial charge is 0.479 e. The number of Topliss-reactive ketones (excluding diaryl/α,β-unsaturated/α-hetero) is 1. The molecule has 0 aromatic rings. The second-order valence-electron chi connectivity index (χ2n) is 12.4. The molecule has 0 bridgehead atoms. The summed E-state index contributed by atoms with van der Waals surface area (Å²) in [5.74, 6) is -2.27. The molecule has 1 unspecified atom stereocenters. The fourth-order valence-corrected chi connectivity index (χ4v) is 6.38. The number of carboxylic acid groups (broad SMARTS) is 1. The lowest BCUT2D eigenvalue weighted by Crippen LogP contribution is -2.54. The minimum absolute atomic E-state index is 0.00766. The van der Waals surface area contributed by atoms with E-state index in [2.05, 4.69) is 17.6 Å². The minimum atomic E-state index is -1.33. The summed E-state index contributed by atoms with van der Waals surface area (Å²) in [5.41, 5.74) is -1.33. The third-order valence-corrected chi connectivity index (χ3v) is 9.17. The average molecular weight is 574 g/mol. The summed E-state index contributed by atoms with van der Waals surface area (Å²) in [6, 6.07) is -0.790. The number of carbonyl (C=O) groups is 5. The van der Waals surface area contributed by atoms with Crippen molar-refractivity contribution in [2.45, 2.75) is 121 Å². The third-order valence-electron chi connectivity index (χ3n) is 9.17. The molecule has 10 heteroatoms. The Morgan fingerprint density at radius 1 is 1.00 bits per heavy atom. The maximum Gasteiger partial charge on any atom is 0.408 e. The minimum Gasteiger partial charge on any atom is -0.479 e. The van der Waals surface area contributed by atoms with E-state index in [1.54, 1.807) is 0 Å². The van der Waals surface area contributed by atoms with Gasteiger partial charge in [0.25, 0.3) is 0 Å². The van der Waals surface area contributed by atoms with E-state index in [0.717, 1.165) is 70.6 Å². The molecule has 0 spiro atoms. The molecule has 4 rings (SSSR count). The number of nitrogens with zero attached hydrogens (tertiary/aromatic N) is 1. The molecule has 228 valence electrons. The summed E-state index contributed by atoms with van der Waals surface area (Å²) in [6.45, 7) is 2.14. The van der Waals surface area contributed by atoms with Crippen LogP contribution in [0.4, 0.5) is 4.79 Å². The number of alkyl carbamates (subject to hydrolysis) is 1. The van der Waals surface area contributed by atoms with Crippen molar-refractivity contribution in [1.29, 1.82) is 0 Å². The molecule has 4 fully saturated rings. The molecule has 3 aliphatic carbocycles. The smallest absolute Gasteiger partial charge is 0.408 e. The Labute approximate surface area is 243 Å². The van der Waals surface area contributed by atoms with Crippen LogP contribution in [-0.4, -0.2) is 70.4 Å². The zero-order chi connectivity index (χ0) is 29.4. The molecular formula is C31H47N3O7. The van der Waals surface area contributed by atoms with Crippen molar-refractivity contribution in [3.05, 3.63) is 12.2 Å².